The normalized spacial score (nSPS) is 15.7. The number of hydrogen-bond donors (Lipinski definition) is 0. The number of nitrogens with zero attached hydrogens (tertiary/aromatic N) is 2. The molecule has 1 aromatic carbocycles. The Morgan fingerprint density at radius 3 is 2.05 bits per heavy atom. The summed E-state index contributed by atoms with van der Waals surface area (Å²) >= 11 is 0. The molecule has 1 aliphatic rings. The minimum atomic E-state index is -0.195. The van der Waals surface area contributed by atoms with Gasteiger partial charge in [-0.25, -0.2) is 4.79 Å². The second-order valence-corrected chi connectivity index (χ2v) is 6.15. The Morgan fingerprint density at radius 1 is 1.00 bits per heavy atom. The van der Waals surface area contributed by atoms with E-state index in [0.717, 1.165) is 26.2 Å². The topological polar surface area (TPSA) is 32.8 Å². The summed E-state index contributed by atoms with van der Waals surface area (Å²) in [7, 11) is 0. The van der Waals surface area contributed by atoms with Gasteiger partial charge in [-0.2, -0.15) is 0 Å². The molecule has 2 rings (SSSR count). The van der Waals surface area contributed by atoms with Gasteiger partial charge < -0.3 is 14.5 Å². The van der Waals surface area contributed by atoms with E-state index in [9.17, 15) is 4.79 Å². The Labute approximate surface area is 127 Å². The van der Waals surface area contributed by atoms with E-state index in [1.54, 1.807) is 4.90 Å². The highest BCUT2D eigenvalue weighted by molar-refractivity contribution is 5.68. The molecule has 1 fully saturated rings. The summed E-state index contributed by atoms with van der Waals surface area (Å²) in [6.45, 7) is 11.3. The first kappa shape index (κ1) is 15.7. The van der Waals surface area contributed by atoms with E-state index in [2.05, 4.69) is 43.0 Å². The lowest BCUT2D eigenvalue weighted by Crippen LogP contribution is -2.49. The second kappa shape index (κ2) is 6.83. The molecular formula is C17H26N2O2. The van der Waals surface area contributed by atoms with Crippen LogP contribution in [0.5, 0.6) is 0 Å². The Balaban J connectivity index is 1.90. The van der Waals surface area contributed by atoms with Crippen LogP contribution in [0, 0.1) is 0 Å². The van der Waals surface area contributed by atoms with E-state index in [1.165, 1.54) is 11.3 Å². The molecule has 0 radical (unpaired) electrons. The number of rotatable bonds is 3. The lowest BCUT2D eigenvalue weighted by atomic mass is 10.0. The number of piperazine rings is 1. The Bertz CT molecular complexity index is 460. The highest BCUT2D eigenvalue weighted by atomic mass is 16.6. The van der Waals surface area contributed by atoms with Gasteiger partial charge in [0.25, 0.3) is 0 Å². The maximum absolute atomic E-state index is 11.9. The molecule has 0 unspecified atom stereocenters. The summed E-state index contributed by atoms with van der Waals surface area (Å²) in [5.41, 5.74) is 2.59. The van der Waals surface area contributed by atoms with Crippen LogP contribution in [-0.4, -0.2) is 43.3 Å². The van der Waals surface area contributed by atoms with Crippen molar-refractivity contribution in [2.24, 2.45) is 0 Å². The second-order valence-electron chi connectivity index (χ2n) is 6.15. The third-order valence-corrected chi connectivity index (χ3v) is 3.80. The standard InChI is InChI=1S/C17H26N2O2/c1-13(2)15-5-7-16(8-6-15)18-9-11-19(12-10-18)17(20)21-14(3)4/h5-8,13-14H,9-12H2,1-4H3. The lowest BCUT2D eigenvalue weighted by Gasteiger charge is -2.35. The van der Waals surface area contributed by atoms with Gasteiger partial charge in [-0.15, -0.1) is 0 Å². The SMILES string of the molecule is CC(C)OC(=O)N1CCN(c2ccc(C(C)C)cc2)CC1. The molecular weight excluding hydrogens is 264 g/mol. The summed E-state index contributed by atoms with van der Waals surface area (Å²) in [6, 6.07) is 8.74. The van der Waals surface area contributed by atoms with Crippen LogP contribution in [-0.2, 0) is 4.74 Å². The molecule has 1 saturated heterocycles. The van der Waals surface area contributed by atoms with Gasteiger partial charge in [-0.3, -0.25) is 0 Å². The summed E-state index contributed by atoms with van der Waals surface area (Å²) in [5.74, 6) is 0.557. The van der Waals surface area contributed by atoms with Crippen LogP contribution < -0.4 is 4.90 Å². The molecule has 0 aromatic heterocycles. The first-order chi connectivity index (χ1) is 9.97. The van der Waals surface area contributed by atoms with Crippen molar-refractivity contribution in [2.45, 2.75) is 39.7 Å². The van der Waals surface area contributed by atoms with Gasteiger partial charge in [0.1, 0.15) is 0 Å². The van der Waals surface area contributed by atoms with Crippen molar-refractivity contribution in [2.75, 3.05) is 31.1 Å². The van der Waals surface area contributed by atoms with Crippen LogP contribution in [0.3, 0.4) is 0 Å². The molecule has 0 N–H and O–H groups in total. The van der Waals surface area contributed by atoms with Gasteiger partial charge in [0.2, 0.25) is 0 Å². The van der Waals surface area contributed by atoms with Crippen LogP contribution in [0.15, 0.2) is 24.3 Å². The highest BCUT2D eigenvalue weighted by Gasteiger charge is 2.22. The molecule has 1 aromatic rings. The van der Waals surface area contributed by atoms with Crippen molar-refractivity contribution < 1.29 is 9.53 Å². The molecule has 116 valence electrons. The third-order valence-electron chi connectivity index (χ3n) is 3.80. The van der Waals surface area contributed by atoms with Crippen molar-refractivity contribution in [1.29, 1.82) is 0 Å². The number of hydrogen-bond acceptors (Lipinski definition) is 3. The predicted octanol–water partition coefficient (Wildman–Crippen LogP) is 3.48. The summed E-state index contributed by atoms with van der Waals surface area (Å²) < 4.78 is 5.24. The van der Waals surface area contributed by atoms with Gasteiger partial charge >= 0.3 is 6.09 Å². The van der Waals surface area contributed by atoms with Crippen LogP contribution in [0.2, 0.25) is 0 Å². The summed E-state index contributed by atoms with van der Waals surface area (Å²) in [5, 5.41) is 0. The largest absolute Gasteiger partial charge is 0.447 e. The molecule has 4 nitrogen and oxygen atoms in total. The van der Waals surface area contributed by atoms with E-state index in [-0.39, 0.29) is 12.2 Å². The van der Waals surface area contributed by atoms with E-state index in [0.29, 0.717) is 5.92 Å². The fourth-order valence-electron chi connectivity index (χ4n) is 2.49. The molecule has 21 heavy (non-hydrogen) atoms. The lowest BCUT2D eigenvalue weighted by molar-refractivity contribution is 0.0751. The van der Waals surface area contributed by atoms with Crippen molar-refractivity contribution in [3.05, 3.63) is 29.8 Å². The minimum absolute atomic E-state index is 0.0564. The van der Waals surface area contributed by atoms with E-state index < -0.39 is 0 Å². The Kier molecular flexibility index (Phi) is 5.10. The average molecular weight is 290 g/mol. The maximum atomic E-state index is 11.9. The van der Waals surface area contributed by atoms with Gasteiger partial charge in [0.15, 0.2) is 0 Å². The van der Waals surface area contributed by atoms with E-state index in [4.69, 9.17) is 4.74 Å². The van der Waals surface area contributed by atoms with Crippen molar-refractivity contribution in [1.82, 2.24) is 4.90 Å². The number of anilines is 1. The van der Waals surface area contributed by atoms with Gasteiger partial charge in [0, 0.05) is 31.9 Å². The number of carbonyl (C=O) groups is 1. The fraction of sp³-hybridized carbons (Fsp3) is 0.588. The molecule has 4 heteroatoms. The molecule has 0 atom stereocenters. The third kappa shape index (κ3) is 4.13. The fourth-order valence-corrected chi connectivity index (χ4v) is 2.49. The molecule has 0 spiro atoms. The Hall–Kier alpha value is -1.71. The quantitative estimate of drug-likeness (QED) is 0.854. The highest BCUT2D eigenvalue weighted by Crippen LogP contribution is 2.21. The van der Waals surface area contributed by atoms with Crippen LogP contribution in [0.4, 0.5) is 10.5 Å². The maximum Gasteiger partial charge on any atom is 0.410 e. The van der Waals surface area contributed by atoms with Crippen molar-refractivity contribution >= 4 is 11.8 Å². The van der Waals surface area contributed by atoms with Gasteiger partial charge in [-0.1, -0.05) is 26.0 Å². The van der Waals surface area contributed by atoms with E-state index >= 15 is 0 Å². The number of ether oxygens (including phenoxy) is 1. The van der Waals surface area contributed by atoms with Crippen LogP contribution in [0.25, 0.3) is 0 Å². The molecule has 0 bridgehead atoms. The molecule has 1 amide bonds. The minimum Gasteiger partial charge on any atom is -0.447 e. The first-order valence-corrected chi connectivity index (χ1v) is 7.78. The predicted molar refractivity (Wildman–Crippen MR) is 85.9 cm³/mol. The summed E-state index contributed by atoms with van der Waals surface area (Å²) in [4.78, 5) is 16.0. The molecule has 0 saturated carbocycles. The zero-order valence-corrected chi connectivity index (χ0v) is 13.5. The number of benzene rings is 1. The first-order valence-electron chi connectivity index (χ1n) is 7.78. The van der Waals surface area contributed by atoms with Gasteiger partial charge in [0.05, 0.1) is 6.10 Å². The zero-order chi connectivity index (χ0) is 15.4. The zero-order valence-electron chi connectivity index (χ0n) is 13.5. The molecule has 1 aliphatic heterocycles. The summed E-state index contributed by atoms with van der Waals surface area (Å²) in [6.07, 6.45) is -0.251. The molecule has 1 heterocycles. The monoisotopic (exact) mass is 290 g/mol. The number of carbonyl (C=O) groups excluding carboxylic acids is 1. The smallest absolute Gasteiger partial charge is 0.410 e. The van der Waals surface area contributed by atoms with Crippen LogP contribution in [0.1, 0.15) is 39.2 Å². The van der Waals surface area contributed by atoms with E-state index in [1.807, 2.05) is 13.8 Å². The average Bonchev–Trinajstić information content (AvgIpc) is 2.47. The van der Waals surface area contributed by atoms with Crippen molar-refractivity contribution in [3.8, 4) is 0 Å². The number of amides is 1. The van der Waals surface area contributed by atoms with Gasteiger partial charge in [-0.05, 0) is 37.5 Å². The van der Waals surface area contributed by atoms with Crippen LogP contribution >= 0.6 is 0 Å². The van der Waals surface area contributed by atoms with Crippen molar-refractivity contribution in [3.63, 3.8) is 0 Å². The Morgan fingerprint density at radius 2 is 1.57 bits per heavy atom. The molecule has 0 aliphatic carbocycles.